The zero-order chi connectivity index (χ0) is 27.3. The lowest BCUT2D eigenvalue weighted by Crippen LogP contribution is -2.38. The molecule has 204 valence electrons. The molecule has 3 aromatic rings. The highest BCUT2D eigenvalue weighted by molar-refractivity contribution is 7.92. The fourth-order valence-corrected chi connectivity index (χ4v) is 5.11. The molecule has 1 atom stereocenters. The fourth-order valence-electron chi connectivity index (χ4n) is 3.78. The Morgan fingerprint density at radius 2 is 1.95 bits per heavy atom. The number of pyridine rings is 1. The van der Waals surface area contributed by atoms with Crippen LogP contribution in [0.2, 0.25) is 0 Å². The van der Waals surface area contributed by atoms with Gasteiger partial charge in [-0.25, -0.2) is 36.5 Å². The zero-order valence-corrected chi connectivity index (χ0v) is 21.2. The smallest absolute Gasteiger partial charge is 0.263 e. The van der Waals surface area contributed by atoms with Crippen LogP contribution < -0.4 is 20.1 Å². The van der Waals surface area contributed by atoms with Gasteiger partial charge in [0.2, 0.25) is 27.7 Å². The topological polar surface area (TPSA) is 118 Å². The molecule has 3 heterocycles. The first kappa shape index (κ1) is 27.5. The van der Waals surface area contributed by atoms with Crippen LogP contribution in [-0.2, 0) is 10.0 Å². The van der Waals surface area contributed by atoms with E-state index in [2.05, 4.69) is 25.6 Å². The maximum atomic E-state index is 14.8. The van der Waals surface area contributed by atoms with Gasteiger partial charge in [-0.05, 0) is 49.7 Å². The van der Waals surface area contributed by atoms with E-state index in [0.29, 0.717) is 17.2 Å². The van der Waals surface area contributed by atoms with Crippen LogP contribution in [-0.4, -0.2) is 54.2 Å². The maximum Gasteiger partial charge on any atom is 0.263 e. The number of alkyl halides is 2. The van der Waals surface area contributed by atoms with Crippen LogP contribution in [0.4, 0.5) is 29.2 Å². The Hall–Kier alpha value is -3.52. The van der Waals surface area contributed by atoms with E-state index in [1.54, 1.807) is 29.1 Å². The van der Waals surface area contributed by atoms with Gasteiger partial charge in [-0.2, -0.15) is 4.39 Å². The van der Waals surface area contributed by atoms with Crippen molar-refractivity contribution in [1.82, 2.24) is 20.3 Å². The predicted octanol–water partition coefficient (Wildman–Crippen LogP) is 4.56. The highest BCUT2D eigenvalue weighted by Crippen LogP contribution is 2.34. The SMILES string of the molecule is CCC(F)(F)CS(=O)(=O)Nc1ccc(Oc2ncccc2-c2ccnc(N[C@H]3CCCNC3)n2)c(F)c1F. The Bertz CT molecular complexity index is 1390. The first-order valence-corrected chi connectivity index (χ1v) is 13.5. The molecule has 4 rings (SSSR count). The molecule has 14 heteroatoms. The number of hydrogen-bond donors (Lipinski definition) is 3. The van der Waals surface area contributed by atoms with Gasteiger partial charge in [-0.3, -0.25) is 4.72 Å². The first-order chi connectivity index (χ1) is 18.1. The number of sulfonamides is 1. The highest BCUT2D eigenvalue weighted by Gasteiger charge is 2.34. The normalized spacial score (nSPS) is 16.2. The summed E-state index contributed by atoms with van der Waals surface area (Å²) in [5, 5.41) is 6.55. The van der Waals surface area contributed by atoms with Crippen molar-refractivity contribution in [2.45, 2.75) is 38.2 Å². The molecule has 1 aromatic carbocycles. The minimum absolute atomic E-state index is 0.0919. The van der Waals surface area contributed by atoms with Gasteiger partial charge in [0.05, 0.1) is 16.9 Å². The zero-order valence-electron chi connectivity index (χ0n) is 20.3. The molecule has 0 unspecified atom stereocenters. The number of aromatic nitrogens is 3. The lowest BCUT2D eigenvalue weighted by molar-refractivity contribution is 0.0219. The monoisotopic (exact) mass is 554 g/mol. The number of piperidine rings is 1. The molecular formula is C24H26F4N6O3S. The predicted molar refractivity (Wildman–Crippen MR) is 134 cm³/mol. The van der Waals surface area contributed by atoms with Crippen molar-refractivity contribution in [3.8, 4) is 22.9 Å². The minimum atomic E-state index is -4.66. The number of nitrogens with zero attached hydrogens (tertiary/aromatic N) is 3. The van der Waals surface area contributed by atoms with Crippen molar-refractivity contribution in [3.05, 3.63) is 54.4 Å². The van der Waals surface area contributed by atoms with Crippen LogP contribution >= 0.6 is 0 Å². The van der Waals surface area contributed by atoms with E-state index in [0.717, 1.165) is 45.0 Å². The molecule has 0 radical (unpaired) electrons. The number of ether oxygens (including phenoxy) is 1. The molecule has 0 aliphatic carbocycles. The van der Waals surface area contributed by atoms with Gasteiger partial charge in [0.15, 0.2) is 11.6 Å². The lowest BCUT2D eigenvalue weighted by atomic mass is 10.1. The third kappa shape index (κ3) is 6.86. The second-order valence-electron chi connectivity index (χ2n) is 8.72. The van der Waals surface area contributed by atoms with Gasteiger partial charge >= 0.3 is 0 Å². The summed E-state index contributed by atoms with van der Waals surface area (Å²) in [6.07, 6.45) is 4.18. The summed E-state index contributed by atoms with van der Waals surface area (Å²) in [5.74, 6) is -8.54. The van der Waals surface area contributed by atoms with Crippen molar-refractivity contribution in [3.63, 3.8) is 0 Å². The third-order valence-electron chi connectivity index (χ3n) is 5.77. The van der Waals surface area contributed by atoms with Gasteiger partial charge in [0.25, 0.3) is 5.92 Å². The number of anilines is 2. The summed E-state index contributed by atoms with van der Waals surface area (Å²) in [5.41, 5.74) is -0.0469. The van der Waals surface area contributed by atoms with Gasteiger partial charge < -0.3 is 15.4 Å². The molecule has 0 bridgehead atoms. The highest BCUT2D eigenvalue weighted by atomic mass is 32.2. The van der Waals surface area contributed by atoms with Crippen molar-refractivity contribution < 1.29 is 30.7 Å². The Kier molecular flexibility index (Phi) is 8.31. The average molecular weight is 555 g/mol. The largest absolute Gasteiger partial charge is 0.435 e. The van der Waals surface area contributed by atoms with Crippen LogP contribution in [0.5, 0.6) is 11.6 Å². The van der Waals surface area contributed by atoms with E-state index in [1.807, 2.05) is 0 Å². The molecule has 1 fully saturated rings. The molecule has 1 saturated heterocycles. The minimum Gasteiger partial charge on any atom is -0.435 e. The standard InChI is InChI=1S/C24H26F4N6O3S/c1-2-24(27,28)14-38(35,36)34-18-7-8-19(21(26)20(18)25)37-22-16(6-4-11-30-22)17-9-12-31-23(33-17)32-15-5-3-10-29-13-15/h4,6-9,11-12,15,29,34H,2-3,5,10,13-14H2,1H3,(H,31,32,33)/t15-/m0/s1. The second-order valence-corrected chi connectivity index (χ2v) is 10.4. The van der Waals surface area contributed by atoms with Crippen molar-refractivity contribution in [2.75, 3.05) is 28.9 Å². The molecule has 2 aromatic heterocycles. The van der Waals surface area contributed by atoms with Crippen molar-refractivity contribution in [1.29, 1.82) is 0 Å². The number of nitrogens with one attached hydrogen (secondary N) is 3. The fraction of sp³-hybridized carbons (Fsp3) is 0.375. The molecule has 9 nitrogen and oxygen atoms in total. The van der Waals surface area contributed by atoms with E-state index in [9.17, 15) is 26.0 Å². The Labute approximate surface area is 217 Å². The van der Waals surface area contributed by atoms with E-state index in [-0.39, 0.29) is 11.9 Å². The van der Waals surface area contributed by atoms with Gasteiger partial charge in [-0.15, -0.1) is 0 Å². The van der Waals surface area contributed by atoms with Crippen molar-refractivity contribution >= 4 is 21.7 Å². The Morgan fingerprint density at radius 3 is 2.68 bits per heavy atom. The molecule has 1 aliphatic heterocycles. The van der Waals surface area contributed by atoms with Crippen LogP contribution in [0, 0.1) is 11.6 Å². The number of benzene rings is 1. The summed E-state index contributed by atoms with van der Waals surface area (Å²) >= 11 is 0. The molecule has 0 amide bonds. The van der Waals surface area contributed by atoms with E-state index in [1.165, 1.54) is 6.20 Å². The molecular weight excluding hydrogens is 528 g/mol. The second kappa shape index (κ2) is 11.5. The summed E-state index contributed by atoms with van der Waals surface area (Å²) < 4.78 is 87.8. The summed E-state index contributed by atoms with van der Waals surface area (Å²) in [7, 11) is -4.66. The Balaban J connectivity index is 1.55. The summed E-state index contributed by atoms with van der Waals surface area (Å²) in [6.45, 7) is 2.84. The molecule has 0 saturated carbocycles. The first-order valence-electron chi connectivity index (χ1n) is 11.9. The van der Waals surface area contributed by atoms with Crippen LogP contribution in [0.1, 0.15) is 26.2 Å². The molecule has 0 spiro atoms. The van der Waals surface area contributed by atoms with E-state index >= 15 is 0 Å². The number of hydrogen-bond acceptors (Lipinski definition) is 8. The van der Waals surface area contributed by atoms with Crippen LogP contribution in [0.3, 0.4) is 0 Å². The van der Waals surface area contributed by atoms with Crippen molar-refractivity contribution in [2.24, 2.45) is 0 Å². The number of halogens is 4. The molecule has 3 N–H and O–H groups in total. The quantitative estimate of drug-likeness (QED) is 0.312. The lowest BCUT2D eigenvalue weighted by Gasteiger charge is -2.23. The van der Waals surface area contributed by atoms with Gasteiger partial charge in [0, 0.05) is 31.4 Å². The van der Waals surface area contributed by atoms with E-state index in [4.69, 9.17) is 4.74 Å². The van der Waals surface area contributed by atoms with Crippen LogP contribution in [0.25, 0.3) is 11.3 Å². The Morgan fingerprint density at radius 1 is 1.13 bits per heavy atom. The summed E-state index contributed by atoms with van der Waals surface area (Å²) in [4.78, 5) is 12.8. The number of rotatable bonds is 10. The summed E-state index contributed by atoms with van der Waals surface area (Å²) in [6, 6.07) is 6.85. The molecule has 38 heavy (non-hydrogen) atoms. The third-order valence-corrected chi connectivity index (χ3v) is 7.10. The molecule has 1 aliphatic rings. The van der Waals surface area contributed by atoms with Gasteiger partial charge in [-0.1, -0.05) is 6.92 Å². The van der Waals surface area contributed by atoms with Gasteiger partial charge in [0.1, 0.15) is 5.75 Å². The van der Waals surface area contributed by atoms with E-state index < -0.39 is 51.2 Å². The van der Waals surface area contributed by atoms with Crippen LogP contribution in [0.15, 0.2) is 42.7 Å². The maximum absolute atomic E-state index is 14.8. The average Bonchev–Trinajstić information content (AvgIpc) is 2.89.